The molecule has 1 amide bonds. The summed E-state index contributed by atoms with van der Waals surface area (Å²) in [4.78, 5) is 15.4. The molecule has 2 aliphatic heterocycles. The molecule has 3 heterocycles. The molecule has 10 heteroatoms. The molecule has 5 rings (SSSR count). The van der Waals surface area contributed by atoms with Crippen LogP contribution in [-0.2, 0) is 22.2 Å². The number of hydrogen-bond acceptors (Lipinski definition) is 7. The summed E-state index contributed by atoms with van der Waals surface area (Å²) in [5.41, 5.74) is 10.5. The highest BCUT2D eigenvalue weighted by atomic mass is 32.2. The summed E-state index contributed by atoms with van der Waals surface area (Å²) < 4.78 is 20.7. The third-order valence-electron chi connectivity index (χ3n) is 5.03. The molecule has 0 bridgehead atoms. The lowest BCUT2D eigenvalue weighted by Gasteiger charge is -2.20. The number of carbonyl (C=O) groups excluding carboxylic acids is 1. The molecule has 0 fully saturated rings. The minimum absolute atomic E-state index is 0.238. The predicted octanol–water partition coefficient (Wildman–Crippen LogP) is 3.78. The highest BCUT2D eigenvalue weighted by Crippen LogP contribution is 2.50. The van der Waals surface area contributed by atoms with Gasteiger partial charge in [0.15, 0.2) is 0 Å². The molecule has 30 heavy (non-hydrogen) atoms. The Bertz CT molecular complexity index is 1110. The summed E-state index contributed by atoms with van der Waals surface area (Å²) in [5.74, 6) is -0.644. The van der Waals surface area contributed by atoms with Crippen molar-refractivity contribution in [2.45, 2.75) is 24.0 Å². The van der Waals surface area contributed by atoms with Gasteiger partial charge < -0.3 is 10.6 Å². The van der Waals surface area contributed by atoms with Gasteiger partial charge >= 0.3 is 0 Å². The van der Waals surface area contributed by atoms with Crippen molar-refractivity contribution in [2.75, 3.05) is 11.3 Å². The number of anilines is 2. The van der Waals surface area contributed by atoms with E-state index in [0.29, 0.717) is 18.7 Å². The fraction of sp³-hybridized carbons (Fsp3) is 0.200. The first-order valence-electron chi connectivity index (χ1n) is 9.24. The quantitative estimate of drug-likeness (QED) is 0.459. The van der Waals surface area contributed by atoms with Gasteiger partial charge in [0.2, 0.25) is 5.91 Å². The number of aromatic nitrogens is 2. The highest BCUT2D eigenvalue weighted by molar-refractivity contribution is 7.97. The normalized spacial score (nSPS) is 15.2. The van der Waals surface area contributed by atoms with Crippen LogP contribution in [0.5, 0.6) is 0 Å². The van der Waals surface area contributed by atoms with Gasteiger partial charge in [-0.2, -0.15) is 9.38 Å². The first-order chi connectivity index (χ1) is 14.5. The summed E-state index contributed by atoms with van der Waals surface area (Å²) in [5, 5.41) is 6.38. The van der Waals surface area contributed by atoms with E-state index in [9.17, 15) is 9.18 Å². The fourth-order valence-electron chi connectivity index (χ4n) is 3.49. The number of rotatable bonds is 6. The minimum Gasteiger partial charge on any atom is -0.331 e. The van der Waals surface area contributed by atoms with Crippen LogP contribution in [0.3, 0.4) is 0 Å². The Morgan fingerprint density at radius 3 is 2.87 bits per heavy atom. The Morgan fingerprint density at radius 1 is 1.23 bits per heavy atom. The van der Waals surface area contributed by atoms with Gasteiger partial charge in [0, 0.05) is 53.4 Å². The number of fused-ring (bicyclic) bond motifs is 2. The molecule has 7 nitrogen and oxygen atoms in total. The van der Waals surface area contributed by atoms with E-state index in [1.54, 1.807) is 22.1 Å². The van der Waals surface area contributed by atoms with E-state index in [1.165, 1.54) is 36.1 Å². The molecule has 0 saturated heterocycles. The van der Waals surface area contributed by atoms with E-state index in [4.69, 9.17) is 10.0 Å². The van der Waals surface area contributed by atoms with Crippen molar-refractivity contribution in [2.24, 2.45) is 5.73 Å². The number of nitrogens with two attached hydrogens (primary N) is 1. The maximum atomic E-state index is 13.4. The smallest absolute Gasteiger partial charge is 0.244 e. The molecule has 3 aromatic rings. The Kier molecular flexibility index (Phi) is 4.94. The molecular formula is C20H18FN5O2S2. The number of carbonyl (C=O) groups is 1. The molecule has 1 aromatic heterocycles. The van der Waals surface area contributed by atoms with Gasteiger partial charge in [-0.1, -0.05) is 12.1 Å². The van der Waals surface area contributed by atoms with Crippen LogP contribution in [-0.4, -0.2) is 26.2 Å². The SMILES string of the molecule is CSON1c2ccc(Sn3cc4c(n3)CN(C(=O)C(N)c3cccc(F)c3)C4)cc21. The second-order valence-electron chi connectivity index (χ2n) is 7.01. The third kappa shape index (κ3) is 3.56. The fourth-order valence-corrected chi connectivity index (χ4v) is 4.63. The monoisotopic (exact) mass is 443 g/mol. The molecule has 2 aromatic carbocycles. The third-order valence-corrected chi connectivity index (χ3v) is 6.16. The molecule has 0 radical (unpaired) electrons. The van der Waals surface area contributed by atoms with Crippen LogP contribution >= 0.6 is 24.0 Å². The highest BCUT2D eigenvalue weighted by Gasteiger charge is 2.32. The first-order valence-corrected chi connectivity index (χ1v) is 11.2. The van der Waals surface area contributed by atoms with E-state index in [1.807, 2.05) is 28.7 Å². The molecule has 2 aliphatic rings. The van der Waals surface area contributed by atoms with E-state index in [-0.39, 0.29) is 5.91 Å². The van der Waals surface area contributed by atoms with Crippen molar-refractivity contribution in [3.05, 3.63) is 71.3 Å². The van der Waals surface area contributed by atoms with Crippen LogP contribution in [0.15, 0.2) is 53.6 Å². The Hall–Kier alpha value is -2.53. The number of halogens is 1. The molecule has 0 saturated carbocycles. The largest absolute Gasteiger partial charge is 0.331 e. The second-order valence-corrected chi connectivity index (χ2v) is 8.52. The molecule has 1 unspecified atom stereocenters. The van der Waals surface area contributed by atoms with Gasteiger partial charge in [0.25, 0.3) is 0 Å². The minimum atomic E-state index is -0.892. The standard InChI is InChI=1S/C20H18FN5O2S2/c1-29-28-26-17-6-5-15(8-18(17)26)30-25-10-13-9-24(11-16(13)23-25)20(27)19(22)12-3-2-4-14(21)7-12/h2-8,10,19H,9,11,22H2,1H3. The van der Waals surface area contributed by atoms with Crippen molar-refractivity contribution in [1.29, 1.82) is 0 Å². The zero-order valence-corrected chi connectivity index (χ0v) is 17.6. The van der Waals surface area contributed by atoms with E-state index in [0.717, 1.165) is 27.5 Å². The summed E-state index contributed by atoms with van der Waals surface area (Å²) in [6.45, 7) is 0.835. The predicted molar refractivity (Wildman–Crippen MR) is 114 cm³/mol. The van der Waals surface area contributed by atoms with Gasteiger partial charge in [-0.3, -0.25) is 4.79 Å². The number of amides is 1. The van der Waals surface area contributed by atoms with Gasteiger partial charge in [-0.15, -0.1) is 0 Å². The van der Waals surface area contributed by atoms with Gasteiger partial charge in [0.05, 0.1) is 23.6 Å². The molecule has 1 atom stereocenters. The molecule has 154 valence electrons. The van der Waals surface area contributed by atoms with Crippen LogP contribution in [0.4, 0.5) is 15.8 Å². The van der Waals surface area contributed by atoms with Gasteiger partial charge in [-0.25, -0.2) is 13.5 Å². The zero-order valence-electron chi connectivity index (χ0n) is 16.0. The van der Waals surface area contributed by atoms with Crippen LogP contribution < -0.4 is 10.8 Å². The summed E-state index contributed by atoms with van der Waals surface area (Å²) in [7, 11) is 0. The van der Waals surface area contributed by atoms with Gasteiger partial charge in [0.1, 0.15) is 11.9 Å². The lowest BCUT2D eigenvalue weighted by molar-refractivity contribution is -0.133. The first kappa shape index (κ1) is 19.4. The maximum absolute atomic E-state index is 13.4. The number of nitrogens with zero attached hydrogens (tertiary/aromatic N) is 4. The lowest BCUT2D eigenvalue weighted by Crippen LogP contribution is -2.35. The lowest BCUT2D eigenvalue weighted by atomic mass is 10.1. The van der Waals surface area contributed by atoms with Crippen LogP contribution in [0.2, 0.25) is 0 Å². The van der Waals surface area contributed by atoms with Crippen molar-refractivity contribution >= 4 is 41.3 Å². The van der Waals surface area contributed by atoms with E-state index < -0.39 is 11.9 Å². The van der Waals surface area contributed by atoms with Gasteiger partial charge in [-0.05, 0) is 35.9 Å². The topological polar surface area (TPSA) is 76.4 Å². The Labute approximate surface area is 181 Å². The van der Waals surface area contributed by atoms with E-state index >= 15 is 0 Å². The molecule has 0 spiro atoms. The number of benzene rings is 2. The van der Waals surface area contributed by atoms with E-state index in [2.05, 4.69) is 11.2 Å². The van der Waals surface area contributed by atoms with Crippen molar-refractivity contribution in [3.63, 3.8) is 0 Å². The van der Waals surface area contributed by atoms with Crippen molar-refractivity contribution < 1.29 is 13.5 Å². The average molecular weight is 444 g/mol. The van der Waals surface area contributed by atoms with Crippen LogP contribution in [0.25, 0.3) is 0 Å². The average Bonchev–Trinajstić information content (AvgIpc) is 3.05. The molecule has 0 aliphatic carbocycles. The van der Waals surface area contributed by atoms with Crippen LogP contribution in [0, 0.1) is 5.82 Å². The zero-order chi connectivity index (χ0) is 20.8. The summed E-state index contributed by atoms with van der Waals surface area (Å²) in [6.07, 6.45) is 3.81. The second kappa shape index (κ2) is 7.62. The Balaban J connectivity index is 1.23. The molecular weight excluding hydrogens is 425 g/mol. The van der Waals surface area contributed by atoms with Crippen molar-refractivity contribution in [3.8, 4) is 0 Å². The summed E-state index contributed by atoms with van der Waals surface area (Å²) >= 11 is 2.80. The number of hydrogen-bond donors (Lipinski definition) is 1. The molecule has 2 N–H and O–H groups in total. The van der Waals surface area contributed by atoms with Crippen LogP contribution in [0.1, 0.15) is 22.9 Å². The maximum Gasteiger partial charge on any atom is 0.244 e. The van der Waals surface area contributed by atoms with Crippen molar-refractivity contribution in [1.82, 2.24) is 14.1 Å². The summed E-state index contributed by atoms with van der Waals surface area (Å²) in [6, 6.07) is 11.0. The Morgan fingerprint density at radius 2 is 2.10 bits per heavy atom.